The molecule has 17 heavy (non-hydrogen) atoms. The van der Waals surface area contributed by atoms with E-state index in [2.05, 4.69) is 76.9 Å². The van der Waals surface area contributed by atoms with Crippen LogP contribution >= 0.6 is 43.2 Å². The Balaban J connectivity index is 2.43. The summed E-state index contributed by atoms with van der Waals surface area (Å²) in [6.45, 7) is 6.47. The van der Waals surface area contributed by atoms with E-state index in [4.69, 9.17) is 0 Å². The molecule has 1 unspecified atom stereocenters. The van der Waals surface area contributed by atoms with Crippen molar-refractivity contribution in [1.82, 2.24) is 0 Å². The highest BCUT2D eigenvalue weighted by Gasteiger charge is 2.16. The van der Waals surface area contributed by atoms with E-state index in [1.807, 2.05) is 0 Å². The zero-order valence-electron chi connectivity index (χ0n) is 10.1. The molecule has 0 N–H and O–H groups in total. The van der Waals surface area contributed by atoms with E-state index in [0.717, 1.165) is 0 Å². The number of thiophene rings is 1. The molecule has 0 bridgehead atoms. The molecule has 0 aliphatic rings. The van der Waals surface area contributed by atoms with Crippen LogP contribution in [0.15, 0.2) is 28.1 Å². The van der Waals surface area contributed by atoms with Crippen LogP contribution in [0.25, 0.3) is 0 Å². The van der Waals surface area contributed by atoms with Crippen LogP contribution in [0.5, 0.6) is 0 Å². The first-order valence-corrected chi connectivity index (χ1v) is 7.98. The number of hydrogen-bond donors (Lipinski definition) is 0. The molecule has 0 radical (unpaired) electrons. The lowest BCUT2D eigenvalue weighted by Gasteiger charge is -2.13. The maximum absolute atomic E-state index is 3.82. The van der Waals surface area contributed by atoms with Crippen LogP contribution in [0.1, 0.15) is 32.0 Å². The molecule has 0 amide bonds. The molecule has 90 valence electrons. The fourth-order valence-corrected chi connectivity index (χ4v) is 4.88. The van der Waals surface area contributed by atoms with Crippen LogP contribution < -0.4 is 0 Å². The van der Waals surface area contributed by atoms with Gasteiger partial charge < -0.3 is 0 Å². The van der Waals surface area contributed by atoms with E-state index in [0.29, 0.717) is 0 Å². The molecule has 1 aromatic carbocycles. The quantitative estimate of drug-likeness (QED) is 0.573. The Hall–Kier alpha value is -0.120. The van der Waals surface area contributed by atoms with Crippen molar-refractivity contribution in [3.63, 3.8) is 0 Å². The third-order valence-corrected chi connectivity index (χ3v) is 5.45. The number of rotatable bonds is 2. The Morgan fingerprint density at radius 1 is 1.06 bits per heavy atom. The Bertz CT molecular complexity index is 543. The number of aryl methyl sites for hydroxylation is 3. The fraction of sp³-hybridized carbons (Fsp3) is 0.286. The molecule has 0 fully saturated rings. The third-order valence-electron chi connectivity index (χ3n) is 2.90. The van der Waals surface area contributed by atoms with Crippen molar-refractivity contribution < 1.29 is 0 Å². The highest BCUT2D eigenvalue weighted by molar-refractivity contribution is 9.11. The van der Waals surface area contributed by atoms with Crippen molar-refractivity contribution in [1.29, 1.82) is 0 Å². The smallest absolute Gasteiger partial charge is 0.0704 e. The minimum absolute atomic E-state index is 0.283. The first-order chi connectivity index (χ1) is 7.99. The number of benzene rings is 1. The van der Waals surface area contributed by atoms with Gasteiger partial charge in [-0.15, -0.1) is 11.3 Å². The van der Waals surface area contributed by atoms with Gasteiger partial charge in [0.15, 0.2) is 0 Å². The molecule has 0 saturated heterocycles. The van der Waals surface area contributed by atoms with E-state index in [-0.39, 0.29) is 4.83 Å². The van der Waals surface area contributed by atoms with Gasteiger partial charge in [-0.25, -0.2) is 0 Å². The topological polar surface area (TPSA) is 0 Å². The highest BCUT2D eigenvalue weighted by atomic mass is 79.9. The van der Waals surface area contributed by atoms with Gasteiger partial charge in [0, 0.05) is 4.88 Å². The summed E-state index contributed by atoms with van der Waals surface area (Å²) in [5.74, 6) is 0. The molecule has 0 nitrogen and oxygen atoms in total. The summed E-state index contributed by atoms with van der Waals surface area (Å²) >= 11 is 9.16. The monoisotopic (exact) mass is 372 g/mol. The summed E-state index contributed by atoms with van der Waals surface area (Å²) in [5.41, 5.74) is 5.36. The van der Waals surface area contributed by atoms with Crippen LogP contribution in [0.4, 0.5) is 0 Å². The molecule has 0 aliphatic carbocycles. The average Bonchev–Trinajstić information content (AvgIpc) is 2.57. The Labute approximate surface area is 123 Å². The summed E-state index contributed by atoms with van der Waals surface area (Å²) in [4.78, 5) is 1.64. The Morgan fingerprint density at radius 3 is 2.29 bits per heavy atom. The first kappa shape index (κ1) is 13.3. The van der Waals surface area contributed by atoms with Gasteiger partial charge in [-0.1, -0.05) is 39.7 Å². The Kier molecular flexibility index (Phi) is 4.11. The largest absolute Gasteiger partial charge is 0.133 e. The van der Waals surface area contributed by atoms with Crippen molar-refractivity contribution in [2.75, 3.05) is 0 Å². The standard InChI is InChI=1S/C14H14Br2S/c1-8-4-5-11(9(2)6-8)14(16)12-7-13(15)17-10(12)3/h4-7,14H,1-3H3. The normalized spacial score (nSPS) is 12.8. The van der Waals surface area contributed by atoms with Crippen molar-refractivity contribution in [3.05, 3.63) is 55.2 Å². The van der Waals surface area contributed by atoms with Crippen LogP contribution in [0.2, 0.25) is 0 Å². The molecule has 0 saturated carbocycles. The summed E-state index contributed by atoms with van der Waals surface area (Å²) in [5, 5.41) is 0. The molecule has 1 aromatic heterocycles. The summed E-state index contributed by atoms with van der Waals surface area (Å²) in [6, 6.07) is 8.83. The number of alkyl halides is 1. The van der Waals surface area contributed by atoms with Gasteiger partial charge in [0.25, 0.3) is 0 Å². The number of hydrogen-bond acceptors (Lipinski definition) is 1. The van der Waals surface area contributed by atoms with Crippen molar-refractivity contribution in [2.24, 2.45) is 0 Å². The van der Waals surface area contributed by atoms with E-state index in [1.54, 1.807) is 11.3 Å². The van der Waals surface area contributed by atoms with Crippen LogP contribution in [0.3, 0.4) is 0 Å². The predicted molar refractivity (Wildman–Crippen MR) is 83.4 cm³/mol. The Morgan fingerprint density at radius 2 is 1.76 bits per heavy atom. The molecule has 2 aromatic rings. The second-order valence-electron chi connectivity index (χ2n) is 4.28. The fourth-order valence-electron chi connectivity index (χ4n) is 1.99. The highest BCUT2D eigenvalue weighted by Crippen LogP contribution is 2.39. The molecule has 1 atom stereocenters. The summed E-state index contributed by atoms with van der Waals surface area (Å²) in [7, 11) is 0. The van der Waals surface area contributed by atoms with Gasteiger partial charge in [-0.3, -0.25) is 0 Å². The lowest BCUT2D eigenvalue weighted by Crippen LogP contribution is -1.96. The minimum atomic E-state index is 0.283. The zero-order chi connectivity index (χ0) is 12.6. The van der Waals surface area contributed by atoms with Gasteiger partial charge in [0.05, 0.1) is 8.61 Å². The second-order valence-corrected chi connectivity index (χ2v) is 7.84. The third kappa shape index (κ3) is 2.83. The van der Waals surface area contributed by atoms with Crippen molar-refractivity contribution in [2.45, 2.75) is 25.6 Å². The van der Waals surface area contributed by atoms with Crippen molar-refractivity contribution in [3.8, 4) is 0 Å². The average molecular weight is 374 g/mol. The predicted octanol–water partition coefficient (Wildman–Crippen LogP) is 5.92. The number of halogens is 2. The molecule has 2 rings (SSSR count). The maximum Gasteiger partial charge on any atom is 0.0704 e. The SMILES string of the molecule is Cc1ccc(C(Br)c2cc(Br)sc2C)c(C)c1. The van der Waals surface area contributed by atoms with Crippen LogP contribution in [-0.4, -0.2) is 0 Å². The lowest BCUT2D eigenvalue weighted by atomic mass is 9.99. The van der Waals surface area contributed by atoms with Gasteiger partial charge in [0.1, 0.15) is 0 Å². The molecule has 3 heteroatoms. The van der Waals surface area contributed by atoms with Crippen LogP contribution in [0, 0.1) is 20.8 Å². The van der Waals surface area contributed by atoms with Gasteiger partial charge >= 0.3 is 0 Å². The van der Waals surface area contributed by atoms with E-state index < -0.39 is 0 Å². The second kappa shape index (κ2) is 5.25. The molecular formula is C14H14Br2S. The first-order valence-electron chi connectivity index (χ1n) is 5.46. The molecular weight excluding hydrogens is 360 g/mol. The maximum atomic E-state index is 3.82. The molecule has 0 aliphatic heterocycles. The van der Waals surface area contributed by atoms with E-state index >= 15 is 0 Å². The molecule has 1 heterocycles. The zero-order valence-corrected chi connectivity index (χ0v) is 14.0. The molecule has 0 spiro atoms. The summed E-state index contributed by atoms with van der Waals surface area (Å²) in [6.07, 6.45) is 0. The van der Waals surface area contributed by atoms with Crippen molar-refractivity contribution >= 4 is 43.2 Å². The van der Waals surface area contributed by atoms with Gasteiger partial charge in [0.2, 0.25) is 0 Å². The minimum Gasteiger partial charge on any atom is -0.133 e. The van der Waals surface area contributed by atoms with Crippen LogP contribution in [-0.2, 0) is 0 Å². The van der Waals surface area contributed by atoms with Gasteiger partial charge in [-0.2, -0.15) is 0 Å². The van der Waals surface area contributed by atoms with Gasteiger partial charge in [-0.05, 0) is 59.5 Å². The summed E-state index contributed by atoms with van der Waals surface area (Å²) < 4.78 is 1.19. The van der Waals surface area contributed by atoms with E-state index in [1.165, 1.54) is 30.9 Å². The lowest BCUT2D eigenvalue weighted by molar-refractivity contribution is 1.13. The van der Waals surface area contributed by atoms with E-state index in [9.17, 15) is 0 Å².